The van der Waals surface area contributed by atoms with Crippen LogP contribution in [-0.2, 0) is 4.74 Å². The van der Waals surface area contributed by atoms with Crippen molar-refractivity contribution in [1.29, 1.82) is 0 Å². The van der Waals surface area contributed by atoms with Crippen molar-refractivity contribution < 1.29 is 4.74 Å². The van der Waals surface area contributed by atoms with Crippen LogP contribution in [0.15, 0.2) is 29.2 Å². The van der Waals surface area contributed by atoms with E-state index in [9.17, 15) is 0 Å². The van der Waals surface area contributed by atoms with Gasteiger partial charge in [0.05, 0.1) is 5.60 Å². The second-order valence-electron chi connectivity index (χ2n) is 6.24. The maximum atomic E-state index is 6.19. The van der Waals surface area contributed by atoms with Gasteiger partial charge in [-0.1, -0.05) is 12.1 Å². The Labute approximate surface area is 136 Å². The Morgan fingerprint density at radius 1 is 1.38 bits per heavy atom. The van der Waals surface area contributed by atoms with Gasteiger partial charge in [-0.05, 0) is 61.8 Å². The van der Waals surface area contributed by atoms with Gasteiger partial charge in [-0.25, -0.2) is 0 Å². The molecule has 2 heterocycles. The fourth-order valence-corrected chi connectivity index (χ4v) is 5.82. The lowest BCUT2D eigenvalue weighted by Gasteiger charge is -2.43. The van der Waals surface area contributed by atoms with E-state index in [1.807, 2.05) is 18.7 Å². The van der Waals surface area contributed by atoms with Gasteiger partial charge in [0.15, 0.2) is 0 Å². The molecule has 2 aliphatic heterocycles. The van der Waals surface area contributed by atoms with Gasteiger partial charge in [0.2, 0.25) is 0 Å². The molecule has 0 aromatic heterocycles. The number of thioether (sulfide) groups is 2. The van der Waals surface area contributed by atoms with E-state index < -0.39 is 0 Å². The Kier molecular flexibility index (Phi) is 5.20. The van der Waals surface area contributed by atoms with Crippen molar-refractivity contribution >= 4 is 23.5 Å². The number of hydrogen-bond donors (Lipinski definition) is 1. The molecule has 1 spiro atoms. The summed E-state index contributed by atoms with van der Waals surface area (Å²) < 4.78 is 6.19. The van der Waals surface area contributed by atoms with Crippen LogP contribution in [-0.4, -0.2) is 29.0 Å². The molecular formula is C17H25NOS2. The predicted molar refractivity (Wildman–Crippen MR) is 93.2 cm³/mol. The van der Waals surface area contributed by atoms with E-state index in [0.29, 0.717) is 5.25 Å². The van der Waals surface area contributed by atoms with Crippen LogP contribution in [0.1, 0.15) is 44.2 Å². The zero-order chi connectivity index (χ0) is 14.7. The molecule has 2 saturated heterocycles. The quantitative estimate of drug-likeness (QED) is 0.902. The van der Waals surface area contributed by atoms with E-state index in [4.69, 9.17) is 10.5 Å². The molecular weight excluding hydrogens is 298 g/mol. The second-order valence-corrected chi connectivity index (χ2v) is 8.84. The zero-order valence-electron chi connectivity index (χ0n) is 12.7. The van der Waals surface area contributed by atoms with E-state index in [2.05, 4.69) is 36.0 Å². The van der Waals surface area contributed by atoms with E-state index in [1.165, 1.54) is 47.6 Å². The van der Waals surface area contributed by atoms with Crippen molar-refractivity contribution in [2.75, 3.05) is 18.1 Å². The van der Waals surface area contributed by atoms with Crippen molar-refractivity contribution in [3.8, 4) is 0 Å². The molecule has 4 heteroatoms. The van der Waals surface area contributed by atoms with Crippen molar-refractivity contribution in [3.63, 3.8) is 0 Å². The summed E-state index contributed by atoms with van der Waals surface area (Å²) in [6, 6.07) is 8.84. The molecule has 0 aliphatic carbocycles. The van der Waals surface area contributed by atoms with Gasteiger partial charge >= 0.3 is 0 Å². The molecule has 0 radical (unpaired) electrons. The van der Waals surface area contributed by atoms with Gasteiger partial charge in [-0.2, -0.15) is 11.8 Å². The summed E-state index contributed by atoms with van der Waals surface area (Å²) >= 11 is 4.09. The molecule has 1 aromatic rings. The van der Waals surface area contributed by atoms with Crippen LogP contribution in [0.2, 0.25) is 0 Å². The number of hydrogen-bond acceptors (Lipinski definition) is 4. The smallest absolute Gasteiger partial charge is 0.0709 e. The maximum Gasteiger partial charge on any atom is 0.0709 e. The van der Waals surface area contributed by atoms with Crippen molar-refractivity contribution in [2.45, 2.75) is 54.4 Å². The number of benzene rings is 1. The molecule has 3 rings (SSSR count). The highest BCUT2D eigenvalue weighted by molar-refractivity contribution is 8.00. The first-order valence-corrected chi connectivity index (χ1v) is 9.94. The number of nitrogens with two attached hydrogens (primary N) is 1. The van der Waals surface area contributed by atoms with Crippen LogP contribution in [0, 0.1) is 0 Å². The largest absolute Gasteiger partial charge is 0.375 e. The molecule has 116 valence electrons. The lowest BCUT2D eigenvalue weighted by Crippen LogP contribution is -2.43. The fraction of sp³-hybridized carbons (Fsp3) is 0.647. The first-order chi connectivity index (χ1) is 10.2. The summed E-state index contributed by atoms with van der Waals surface area (Å²) in [6.07, 6.45) is 4.84. The summed E-state index contributed by atoms with van der Waals surface area (Å²) in [5.41, 5.74) is 7.41. The van der Waals surface area contributed by atoms with Gasteiger partial charge in [0, 0.05) is 22.8 Å². The lowest BCUT2D eigenvalue weighted by molar-refractivity contribution is -0.0804. The molecule has 21 heavy (non-hydrogen) atoms. The molecule has 2 N–H and O–H groups in total. The highest BCUT2D eigenvalue weighted by Gasteiger charge is 2.38. The minimum Gasteiger partial charge on any atom is -0.375 e. The third-order valence-corrected chi connectivity index (χ3v) is 6.79. The first-order valence-electron chi connectivity index (χ1n) is 7.91. The number of rotatable bonds is 3. The summed E-state index contributed by atoms with van der Waals surface area (Å²) in [6.45, 7) is 2.97. The van der Waals surface area contributed by atoms with Crippen LogP contribution in [0.3, 0.4) is 0 Å². The van der Waals surface area contributed by atoms with Crippen molar-refractivity contribution in [3.05, 3.63) is 29.8 Å². The van der Waals surface area contributed by atoms with E-state index in [-0.39, 0.29) is 11.6 Å². The SMILES string of the molecule is CC(N)c1cccc(SC2CCOC3(CCSCC3)C2)c1. The van der Waals surface area contributed by atoms with Gasteiger partial charge in [0.1, 0.15) is 0 Å². The van der Waals surface area contributed by atoms with E-state index in [0.717, 1.165) is 6.61 Å². The van der Waals surface area contributed by atoms with E-state index >= 15 is 0 Å². The fourth-order valence-electron chi connectivity index (χ4n) is 3.24. The molecule has 2 atom stereocenters. The maximum absolute atomic E-state index is 6.19. The lowest BCUT2D eigenvalue weighted by atomic mass is 9.88. The normalized spacial score (nSPS) is 26.7. The Morgan fingerprint density at radius 3 is 2.95 bits per heavy atom. The molecule has 2 fully saturated rings. The molecule has 0 saturated carbocycles. The third kappa shape index (κ3) is 3.98. The average Bonchev–Trinajstić information content (AvgIpc) is 2.48. The molecule has 1 aromatic carbocycles. The Morgan fingerprint density at radius 2 is 2.19 bits per heavy atom. The Hall–Kier alpha value is -0.160. The van der Waals surface area contributed by atoms with E-state index in [1.54, 1.807) is 0 Å². The standard InChI is InChI=1S/C17H25NOS2/c1-13(18)14-3-2-4-15(11-14)21-16-5-8-19-17(12-16)6-9-20-10-7-17/h2-4,11,13,16H,5-10,12,18H2,1H3. The third-order valence-electron chi connectivity index (χ3n) is 4.54. The molecule has 2 unspecified atom stereocenters. The summed E-state index contributed by atoms with van der Waals surface area (Å²) in [5.74, 6) is 2.52. The first kappa shape index (κ1) is 15.7. The second kappa shape index (κ2) is 6.95. The van der Waals surface area contributed by atoms with Crippen LogP contribution in [0.25, 0.3) is 0 Å². The summed E-state index contributed by atoms with van der Waals surface area (Å²) in [5, 5.41) is 0.685. The highest BCUT2D eigenvalue weighted by atomic mass is 32.2. The van der Waals surface area contributed by atoms with Crippen LogP contribution < -0.4 is 5.73 Å². The molecule has 0 amide bonds. The molecule has 0 bridgehead atoms. The van der Waals surface area contributed by atoms with Gasteiger partial charge in [0.25, 0.3) is 0 Å². The van der Waals surface area contributed by atoms with Gasteiger partial charge in [-0.3, -0.25) is 0 Å². The average molecular weight is 324 g/mol. The molecule has 2 nitrogen and oxygen atoms in total. The van der Waals surface area contributed by atoms with Crippen molar-refractivity contribution in [1.82, 2.24) is 0 Å². The Balaban J connectivity index is 1.65. The van der Waals surface area contributed by atoms with Crippen LogP contribution >= 0.6 is 23.5 Å². The highest BCUT2D eigenvalue weighted by Crippen LogP contribution is 2.42. The minimum absolute atomic E-state index is 0.113. The number of ether oxygens (including phenoxy) is 1. The molecule has 2 aliphatic rings. The van der Waals surface area contributed by atoms with Crippen LogP contribution in [0.5, 0.6) is 0 Å². The minimum atomic E-state index is 0.113. The van der Waals surface area contributed by atoms with Gasteiger partial charge in [-0.15, -0.1) is 11.8 Å². The van der Waals surface area contributed by atoms with Crippen LogP contribution in [0.4, 0.5) is 0 Å². The topological polar surface area (TPSA) is 35.2 Å². The summed E-state index contributed by atoms with van der Waals surface area (Å²) in [7, 11) is 0. The summed E-state index contributed by atoms with van der Waals surface area (Å²) in [4.78, 5) is 1.36. The van der Waals surface area contributed by atoms with Crippen molar-refractivity contribution in [2.24, 2.45) is 5.73 Å². The van der Waals surface area contributed by atoms with Gasteiger partial charge < -0.3 is 10.5 Å². The predicted octanol–water partition coefficient (Wildman–Crippen LogP) is 4.24. The zero-order valence-corrected chi connectivity index (χ0v) is 14.3. The Bertz CT molecular complexity index is 466. The monoisotopic (exact) mass is 323 g/mol.